The molecule has 0 fully saturated rings. The quantitative estimate of drug-likeness (QED) is 0.332. The van der Waals surface area contributed by atoms with Gasteiger partial charge in [0.15, 0.2) is 0 Å². The van der Waals surface area contributed by atoms with Crippen molar-refractivity contribution in [2.24, 2.45) is 0 Å². The smallest absolute Gasteiger partial charge is 0.332 e. The first-order chi connectivity index (χ1) is 7.93. The third-order valence-corrected chi connectivity index (χ3v) is 1.07. The maximum Gasteiger partial charge on any atom is 0.332 e. The topological polar surface area (TPSA) is 173 Å². The van der Waals surface area contributed by atoms with Gasteiger partial charge in [0.05, 0.1) is 0 Å². The van der Waals surface area contributed by atoms with Crippen LogP contribution in [-0.4, -0.2) is 66.9 Å². The molecule has 3 atom stereocenters. The summed E-state index contributed by atoms with van der Waals surface area (Å²) in [6.45, 7) is 3.59. The third kappa shape index (κ3) is 31.6. The molecule has 0 aliphatic heterocycles. The van der Waals surface area contributed by atoms with Crippen LogP contribution in [0, 0.1) is 0 Å². The normalized spacial score (nSPS) is 12.9. The zero-order valence-corrected chi connectivity index (χ0v) is 11.6. The van der Waals surface area contributed by atoms with Gasteiger partial charge in [0.25, 0.3) is 0 Å². The van der Waals surface area contributed by atoms with Gasteiger partial charge in [0, 0.05) is 17.1 Å². The molecule has 0 heterocycles. The van der Waals surface area contributed by atoms with E-state index < -0.39 is 36.2 Å². The standard InChI is InChI=1S/3C3H6O3.Fe/c3*1-2(4)3(5)6;/h3*2,4H,1H3,(H,5,6);. The summed E-state index contributed by atoms with van der Waals surface area (Å²) in [4.78, 5) is 28.3. The Morgan fingerprint density at radius 2 is 0.684 bits per heavy atom. The molecule has 0 bridgehead atoms. The predicted molar refractivity (Wildman–Crippen MR) is 57.9 cm³/mol. The van der Waals surface area contributed by atoms with Gasteiger partial charge in [-0.25, -0.2) is 14.4 Å². The van der Waals surface area contributed by atoms with Crippen molar-refractivity contribution in [2.45, 2.75) is 39.1 Å². The van der Waals surface area contributed by atoms with E-state index in [1.54, 1.807) is 0 Å². The first-order valence-electron chi connectivity index (χ1n) is 4.66. The molecule has 0 radical (unpaired) electrons. The van der Waals surface area contributed by atoms with Crippen LogP contribution in [0.2, 0.25) is 0 Å². The van der Waals surface area contributed by atoms with Gasteiger partial charge in [-0.1, -0.05) is 0 Å². The molecule has 116 valence electrons. The van der Waals surface area contributed by atoms with Gasteiger partial charge in [-0.2, -0.15) is 0 Å². The van der Waals surface area contributed by atoms with Crippen LogP contribution in [0.15, 0.2) is 0 Å². The Morgan fingerprint density at radius 3 is 0.684 bits per heavy atom. The number of rotatable bonds is 3. The number of hydrogen-bond acceptors (Lipinski definition) is 6. The number of aliphatic hydroxyl groups is 3. The number of carboxylic acids is 3. The minimum Gasteiger partial charge on any atom is -0.479 e. The monoisotopic (exact) mass is 326 g/mol. The minimum absolute atomic E-state index is 0. The Kier molecular flexibility index (Phi) is 20.7. The number of hydrogen-bond donors (Lipinski definition) is 6. The second-order valence-corrected chi connectivity index (χ2v) is 3.04. The molecule has 3 unspecified atom stereocenters. The molecule has 10 heteroatoms. The van der Waals surface area contributed by atoms with Gasteiger partial charge < -0.3 is 30.6 Å². The van der Waals surface area contributed by atoms with Gasteiger partial charge in [-0.3, -0.25) is 0 Å². The molecule has 0 aliphatic carbocycles. The second-order valence-electron chi connectivity index (χ2n) is 3.04. The molecule has 6 N–H and O–H groups in total. The largest absolute Gasteiger partial charge is 0.479 e. The van der Waals surface area contributed by atoms with E-state index in [1.807, 2.05) is 0 Å². The summed E-state index contributed by atoms with van der Waals surface area (Å²) in [5.41, 5.74) is 0. The van der Waals surface area contributed by atoms with Crippen LogP contribution in [0.25, 0.3) is 0 Å². The van der Waals surface area contributed by atoms with Crippen molar-refractivity contribution in [2.75, 3.05) is 0 Å². The molecule has 0 saturated heterocycles. The van der Waals surface area contributed by atoms with Crippen LogP contribution in [0.1, 0.15) is 20.8 Å². The summed E-state index contributed by atoms with van der Waals surface area (Å²) < 4.78 is 0. The fourth-order valence-electron chi connectivity index (χ4n) is 0. The molecule has 19 heavy (non-hydrogen) atoms. The summed E-state index contributed by atoms with van der Waals surface area (Å²) in [7, 11) is 0. The Bertz CT molecular complexity index is 220. The van der Waals surface area contributed by atoms with E-state index in [1.165, 1.54) is 20.8 Å². The van der Waals surface area contributed by atoms with Crippen molar-refractivity contribution in [3.8, 4) is 0 Å². The average molecular weight is 326 g/mol. The number of carbonyl (C=O) groups is 3. The molecular formula is C9H18FeO9. The van der Waals surface area contributed by atoms with Crippen LogP contribution in [0.3, 0.4) is 0 Å². The average Bonchev–Trinajstić information content (AvgIpc) is 2.18. The van der Waals surface area contributed by atoms with E-state index in [0.29, 0.717) is 0 Å². The Hall–Kier alpha value is -1.19. The first kappa shape index (κ1) is 26.4. The van der Waals surface area contributed by atoms with E-state index in [-0.39, 0.29) is 17.1 Å². The zero-order chi connectivity index (χ0) is 15.5. The van der Waals surface area contributed by atoms with Crippen molar-refractivity contribution in [1.29, 1.82) is 0 Å². The van der Waals surface area contributed by atoms with E-state index in [0.717, 1.165) is 0 Å². The molecule has 0 amide bonds. The fraction of sp³-hybridized carbons (Fsp3) is 0.667. The Morgan fingerprint density at radius 1 is 0.632 bits per heavy atom. The Labute approximate surface area is 120 Å². The van der Waals surface area contributed by atoms with Crippen molar-refractivity contribution in [3.05, 3.63) is 0 Å². The molecule has 0 aromatic rings. The third-order valence-electron chi connectivity index (χ3n) is 1.07. The summed E-state index contributed by atoms with van der Waals surface area (Å²) in [5, 5.41) is 47.3. The summed E-state index contributed by atoms with van der Waals surface area (Å²) in [6.07, 6.45) is -3.69. The van der Waals surface area contributed by atoms with Gasteiger partial charge in [0.2, 0.25) is 0 Å². The van der Waals surface area contributed by atoms with Crippen LogP contribution in [-0.2, 0) is 31.5 Å². The van der Waals surface area contributed by atoms with Crippen LogP contribution in [0.5, 0.6) is 0 Å². The molecule has 0 aliphatic rings. The predicted octanol–water partition coefficient (Wildman–Crippen LogP) is -1.65. The van der Waals surface area contributed by atoms with Crippen molar-refractivity contribution in [3.63, 3.8) is 0 Å². The summed E-state index contributed by atoms with van der Waals surface area (Å²) in [6, 6.07) is 0. The van der Waals surface area contributed by atoms with E-state index >= 15 is 0 Å². The molecule has 0 aromatic carbocycles. The molecule has 0 spiro atoms. The number of aliphatic carboxylic acids is 3. The zero-order valence-electron chi connectivity index (χ0n) is 10.5. The maximum atomic E-state index is 9.45. The summed E-state index contributed by atoms with van der Waals surface area (Å²) in [5.74, 6) is -3.56. The van der Waals surface area contributed by atoms with Gasteiger partial charge in [0.1, 0.15) is 18.3 Å². The maximum absolute atomic E-state index is 9.45. The van der Waals surface area contributed by atoms with Crippen LogP contribution >= 0.6 is 0 Å². The molecular weight excluding hydrogens is 308 g/mol. The molecule has 0 aromatic heterocycles. The second kappa shape index (κ2) is 14.9. The molecule has 0 rings (SSSR count). The Balaban J connectivity index is -0.0000000865. The SMILES string of the molecule is CC(O)C(=O)O.CC(O)C(=O)O.CC(O)C(=O)O.[Fe]. The van der Waals surface area contributed by atoms with Crippen molar-refractivity contribution in [1.82, 2.24) is 0 Å². The van der Waals surface area contributed by atoms with E-state index in [4.69, 9.17) is 30.6 Å². The van der Waals surface area contributed by atoms with Crippen molar-refractivity contribution >= 4 is 17.9 Å². The fourth-order valence-corrected chi connectivity index (χ4v) is 0. The minimum atomic E-state index is -1.23. The van der Waals surface area contributed by atoms with Crippen LogP contribution in [0.4, 0.5) is 0 Å². The first-order valence-corrected chi connectivity index (χ1v) is 4.66. The van der Waals surface area contributed by atoms with E-state index in [9.17, 15) is 14.4 Å². The van der Waals surface area contributed by atoms with Gasteiger partial charge in [-0.15, -0.1) is 0 Å². The van der Waals surface area contributed by atoms with Gasteiger partial charge in [-0.05, 0) is 20.8 Å². The van der Waals surface area contributed by atoms with Crippen LogP contribution < -0.4 is 0 Å². The van der Waals surface area contributed by atoms with E-state index in [2.05, 4.69) is 0 Å². The van der Waals surface area contributed by atoms with Crippen molar-refractivity contribution < 1.29 is 62.1 Å². The number of carboxylic acid groups (broad SMARTS) is 3. The van der Waals surface area contributed by atoms with Gasteiger partial charge >= 0.3 is 17.9 Å². The number of aliphatic hydroxyl groups excluding tert-OH is 3. The summed E-state index contributed by atoms with van der Waals surface area (Å²) >= 11 is 0. The molecule has 9 nitrogen and oxygen atoms in total. The molecule has 0 saturated carbocycles.